The lowest BCUT2D eigenvalue weighted by molar-refractivity contribution is -0.143. The Kier molecular flexibility index (Phi) is 3.47. The Morgan fingerprint density at radius 1 is 1.44 bits per heavy atom. The van der Waals surface area contributed by atoms with Gasteiger partial charge >= 0.3 is 5.97 Å². The predicted molar refractivity (Wildman–Crippen MR) is 65.0 cm³/mol. The van der Waals surface area contributed by atoms with Gasteiger partial charge in [-0.15, -0.1) is 5.10 Å². The molecule has 0 radical (unpaired) electrons. The average Bonchev–Trinajstić information content (AvgIpc) is 2.40. The van der Waals surface area contributed by atoms with Crippen molar-refractivity contribution in [1.82, 2.24) is 15.0 Å². The molecule has 0 atom stereocenters. The molecule has 0 aliphatic heterocycles. The maximum atomic E-state index is 12.0. The highest BCUT2D eigenvalue weighted by Crippen LogP contribution is 2.03. The molecular formula is C12H11N3O3. The van der Waals surface area contributed by atoms with Crippen molar-refractivity contribution in [3.05, 3.63) is 47.3 Å². The van der Waals surface area contributed by atoms with Crippen LogP contribution in [0.5, 0.6) is 0 Å². The van der Waals surface area contributed by atoms with Crippen LogP contribution in [-0.4, -0.2) is 27.6 Å². The molecule has 6 nitrogen and oxygen atoms in total. The van der Waals surface area contributed by atoms with E-state index in [-0.39, 0.29) is 18.7 Å². The molecule has 1 aromatic carbocycles. The summed E-state index contributed by atoms with van der Waals surface area (Å²) >= 11 is 0. The summed E-state index contributed by atoms with van der Waals surface area (Å²) in [6.45, 7) is 3.27. The minimum absolute atomic E-state index is 0.106. The molecule has 2 rings (SSSR count). The second-order valence-electron chi connectivity index (χ2n) is 3.54. The fourth-order valence-electron chi connectivity index (χ4n) is 1.45. The first-order chi connectivity index (χ1) is 8.72. The fraction of sp³-hybridized carbons (Fsp3) is 0.167. The first-order valence-corrected chi connectivity index (χ1v) is 5.31. The smallest absolute Gasteiger partial charge is 0.328 e. The normalized spacial score (nSPS) is 10.2. The van der Waals surface area contributed by atoms with Crippen LogP contribution in [0.1, 0.15) is 0 Å². The van der Waals surface area contributed by atoms with Gasteiger partial charge < -0.3 is 4.74 Å². The third kappa shape index (κ3) is 2.42. The van der Waals surface area contributed by atoms with Crippen LogP contribution in [0.4, 0.5) is 0 Å². The van der Waals surface area contributed by atoms with Crippen LogP contribution < -0.4 is 5.56 Å². The molecule has 0 aliphatic carbocycles. The minimum Gasteiger partial charge on any atom is -0.460 e. The van der Waals surface area contributed by atoms with E-state index >= 15 is 0 Å². The Bertz CT molecular complexity index is 648. The lowest BCUT2D eigenvalue weighted by Crippen LogP contribution is -2.28. The minimum atomic E-state index is -0.554. The zero-order valence-electron chi connectivity index (χ0n) is 9.57. The predicted octanol–water partition coefficient (Wildman–Crippen LogP) is 0.521. The second-order valence-corrected chi connectivity index (χ2v) is 3.54. The van der Waals surface area contributed by atoms with Crippen molar-refractivity contribution < 1.29 is 9.53 Å². The quantitative estimate of drug-likeness (QED) is 0.580. The van der Waals surface area contributed by atoms with Crippen molar-refractivity contribution in [3.63, 3.8) is 0 Å². The third-order valence-corrected chi connectivity index (χ3v) is 2.27. The molecule has 0 amide bonds. The summed E-state index contributed by atoms with van der Waals surface area (Å²) in [6, 6.07) is 6.81. The standard InChI is InChI=1S/C12H11N3O3/c1-2-7-18-11(16)8-15-12(17)9-5-3-4-6-10(9)13-14-15/h2-6H,1,7-8H2. The molecule has 0 unspecified atom stereocenters. The van der Waals surface area contributed by atoms with Crippen molar-refractivity contribution in [2.24, 2.45) is 0 Å². The fourth-order valence-corrected chi connectivity index (χ4v) is 1.45. The number of benzene rings is 1. The molecule has 18 heavy (non-hydrogen) atoms. The van der Waals surface area contributed by atoms with E-state index in [1.165, 1.54) is 6.08 Å². The summed E-state index contributed by atoms with van der Waals surface area (Å²) in [6.07, 6.45) is 1.45. The number of aromatic nitrogens is 3. The number of hydrogen-bond acceptors (Lipinski definition) is 5. The molecule has 0 spiro atoms. The highest BCUT2D eigenvalue weighted by molar-refractivity contribution is 5.77. The second kappa shape index (κ2) is 5.22. The summed E-state index contributed by atoms with van der Waals surface area (Å²) in [5.41, 5.74) is 0.134. The van der Waals surface area contributed by atoms with Crippen molar-refractivity contribution in [2.75, 3.05) is 6.61 Å². The monoisotopic (exact) mass is 245 g/mol. The van der Waals surface area contributed by atoms with Crippen LogP contribution in [0, 0.1) is 0 Å². The number of hydrogen-bond donors (Lipinski definition) is 0. The molecule has 0 saturated carbocycles. The number of carbonyl (C=O) groups excluding carboxylic acids is 1. The van der Waals surface area contributed by atoms with Gasteiger partial charge in [-0.05, 0) is 12.1 Å². The van der Waals surface area contributed by atoms with Gasteiger partial charge in [0.05, 0.1) is 5.39 Å². The molecule has 0 bridgehead atoms. The Labute approximate surface area is 102 Å². The van der Waals surface area contributed by atoms with Crippen molar-refractivity contribution >= 4 is 16.9 Å². The van der Waals surface area contributed by atoms with Crippen molar-refractivity contribution in [1.29, 1.82) is 0 Å². The van der Waals surface area contributed by atoms with Gasteiger partial charge in [-0.2, -0.15) is 4.68 Å². The number of nitrogens with zero attached hydrogens (tertiary/aromatic N) is 3. The van der Waals surface area contributed by atoms with Gasteiger partial charge in [-0.3, -0.25) is 9.59 Å². The van der Waals surface area contributed by atoms with E-state index in [9.17, 15) is 9.59 Å². The number of esters is 1. The average molecular weight is 245 g/mol. The molecule has 0 saturated heterocycles. The maximum Gasteiger partial charge on any atom is 0.328 e. The van der Waals surface area contributed by atoms with Gasteiger partial charge in [0.25, 0.3) is 5.56 Å². The van der Waals surface area contributed by atoms with E-state index in [0.717, 1.165) is 4.68 Å². The molecule has 0 fully saturated rings. The van der Waals surface area contributed by atoms with Crippen LogP contribution >= 0.6 is 0 Å². The Morgan fingerprint density at radius 2 is 2.22 bits per heavy atom. The Balaban J connectivity index is 2.29. The van der Waals surface area contributed by atoms with Gasteiger partial charge in [0.1, 0.15) is 18.7 Å². The van der Waals surface area contributed by atoms with Gasteiger partial charge in [0.2, 0.25) is 0 Å². The van der Waals surface area contributed by atoms with Gasteiger partial charge in [0.15, 0.2) is 0 Å². The van der Waals surface area contributed by atoms with Crippen LogP contribution in [-0.2, 0) is 16.1 Å². The van der Waals surface area contributed by atoms with E-state index in [2.05, 4.69) is 16.9 Å². The molecule has 0 N–H and O–H groups in total. The lowest BCUT2D eigenvalue weighted by atomic mass is 10.2. The van der Waals surface area contributed by atoms with Crippen LogP contribution in [0.2, 0.25) is 0 Å². The molecule has 92 valence electrons. The molecule has 6 heteroatoms. The summed E-state index contributed by atoms with van der Waals surface area (Å²) in [7, 11) is 0. The van der Waals surface area contributed by atoms with Crippen LogP contribution in [0.15, 0.2) is 41.7 Å². The van der Waals surface area contributed by atoms with Crippen molar-refractivity contribution in [2.45, 2.75) is 6.54 Å². The zero-order chi connectivity index (χ0) is 13.0. The Hall–Kier alpha value is -2.50. The zero-order valence-corrected chi connectivity index (χ0v) is 9.57. The molecular weight excluding hydrogens is 234 g/mol. The number of carbonyl (C=O) groups is 1. The summed E-state index contributed by atoms with van der Waals surface area (Å²) in [5.74, 6) is -0.554. The highest BCUT2D eigenvalue weighted by Gasteiger charge is 2.09. The Morgan fingerprint density at radius 3 is 3.00 bits per heavy atom. The van der Waals surface area contributed by atoms with Crippen LogP contribution in [0.3, 0.4) is 0 Å². The first kappa shape index (κ1) is 12.0. The van der Waals surface area contributed by atoms with Crippen LogP contribution in [0.25, 0.3) is 10.9 Å². The molecule has 2 aromatic rings. The SMILES string of the molecule is C=CCOC(=O)Cn1nnc2ccccc2c1=O. The number of ether oxygens (including phenoxy) is 1. The van der Waals surface area contributed by atoms with Gasteiger partial charge in [-0.25, -0.2) is 0 Å². The lowest BCUT2D eigenvalue weighted by Gasteiger charge is -2.04. The topological polar surface area (TPSA) is 74.1 Å². The van der Waals surface area contributed by atoms with Crippen molar-refractivity contribution in [3.8, 4) is 0 Å². The maximum absolute atomic E-state index is 12.0. The third-order valence-electron chi connectivity index (χ3n) is 2.27. The summed E-state index contributed by atoms with van der Waals surface area (Å²) in [5, 5.41) is 7.96. The van der Waals surface area contributed by atoms with E-state index in [1.54, 1.807) is 24.3 Å². The van der Waals surface area contributed by atoms with E-state index in [1.807, 2.05) is 0 Å². The van der Waals surface area contributed by atoms with Gasteiger partial charge in [-0.1, -0.05) is 30.0 Å². The largest absolute Gasteiger partial charge is 0.460 e. The highest BCUT2D eigenvalue weighted by atomic mass is 16.5. The van der Waals surface area contributed by atoms with Gasteiger partial charge in [0, 0.05) is 0 Å². The number of fused-ring (bicyclic) bond motifs is 1. The number of rotatable bonds is 4. The van der Waals surface area contributed by atoms with E-state index in [0.29, 0.717) is 10.9 Å². The van der Waals surface area contributed by atoms with E-state index < -0.39 is 5.97 Å². The molecule has 1 heterocycles. The molecule has 1 aromatic heterocycles. The first-order valence-electron chi connectivity index (χ1n) is 5.31. The summed E-state index contributed by atoms with van der Waals surface area (Å²) in [4.78, 5) is 23.3. The van der Waals surface area contributed by atoms with E-state index in [4.69, 9.17) is 4.74 Å². The molecule has 0 aliphatic rings. The summed E-state index contributed by atoms with van der Waals surface area (Å²) < 4.78 is 5.76.